The minimum atomic E-state index is -0.427. The Morgan fingerprint density at radius 1 is 0.929 bits per heavy atom. The summed E-state index contributed by atoms with van der Waals surface area (Å²) in [5.74, 6) is 0.173. The van der Waals surface area contributed by atoms with E-state index in [4.69, 9.17) is 10.2 Å². The second-order valence-corrected chi connectivity index (χ2v) is 10.00. The molecule has 3 aromatic rings. The highest BCUT2D eigenvalue weighted by molar-refractivity contribution is 5.73. The van der Waals surface area contributed by atoms with E-state index in [2.05, 4.69) is 66.7 Å². The van der Waals surface area contributed by atoms with Crippen LogP contribution in [0, 0.1) is 11.3 Å². The molecule has 0 saturated carbocycles. The van der Waals surface area contributed by atoms with E-state index in [-0.39, 0.29) is 16.7 Å². The molecular weight excluding hydrogens is 346 g/mol. The van der Waals surface area contributed by atoms with Gasteiger partial charge in [0, 0.05) is 6.42 Å². The van der Waals surface area contributed by atoms with Gasteiger partial charge in [0.15, 0.2) is 0 Å². The molecule has 28 heavy (non-hydrogen) atoms. The van der Waals surface area contributed by atoms with Crippen molar-refractivity contribution in [1.82, 2.24) is 15.0 Å². The summed E-state index contributed by atoms with van der Waals surface area (Å²) in [6.07, 6.45) is 0.153. The molecule has 2 unspecified atom stereocenters. The molecule has 4 heteroatoms. The molecule has 0 fully saturated rings. The van der Waals surface area contributed by atoms with Gasteiger partial charge in [0.1, 0.15) is 11.0 Å². The first-order chi connectivity index (χ1) is 13.0. The molecule has 1 heterocycles. The fraction of sp³-hybridized carbons (Fsp3) is 0.500. The third-order valence-corrected chi connectivity index (χ3v) is 5.83. The largest absolute Gasteiger partial charge is 0.392 e. The first kappa shape index (κ1) is 20.5. The average Bonchev–Trinajstić information content (AvgIpc) is 3.03. The van der Waals surface area contributed by atoms with Gasteiger partial charge >= 0.3 is 0 Å². The number of aromatic nitrogens is 3. The third kappa shape index (κ3) is 4.27. The predicted octanol–water partition coefficient (Wildman–Crippen LogP) is 5.30. The monoisotopic (exact) mass is 379 g/mol. The van der Waals surface area contributed by atoms with Gasteiger partial charge in [-0.15, -0.1) is 10.2 Å². The van der Waals surface area contributed by atoms with E-state index in [1.165, 1.54) is 5.56 Å². The Morgan fingerprint density at radius 2 is 1.50 bits per heavy atom. The second-order valence-electron chi connectivity index (χ2n) is 10.00. The van der Waals surface area contributed by atoms with Crippen LogP contribution < -0.4 is 0 Å². The first-order valence-corrected chi connectivity index (χ1v) is 10.1. The van der Waals surface area contributed by atoms with E-state index >= 15 is 0 Å². The lowest BCUT2D eigenvalue weighted by Crippen LogP contribution is -2.31. The van der Waals surface area contributed by atoms with E-state index in [1.54, 1.807) is 4.80 Å². The number of aliphatic hydroxyl groups excluding tert-OH is 1. The molecule has 0 amide bonds. The molecule has 0 aliphatic heterocycles. The highest BCUT2D eigenvalue weighted by Gasteiger charge is 2.28. The van der Waals surface area contributed by atoms with Crippen molar-refractivity contribution in [3.8, 4) is 5.69 Å². The Balaban J connectivity index is 2.07. The van der Waals surface area contributed by atoms with Crippen LogP contribution in [0.1, 0.15) is 59.6 Å². The lowest BCUT2D eigenvalue weighted by Gasteiger charge is -2.32. The van der Waals surface area contributed by atoms with E-state index in [9.17, 15) is 5.11 Å². The van der Waals surface area contributed by atoms with Gasteiger partial charge in [-0.3, -0.25) is 0 Å². The normalized spacial score (nSPS) is 15.0. The molecule has 2 aromatic carbocycles. The van der Waals surface area contributed by atoms with Gasteiger partial charge in [0.25, 0.3) is 0 Å². The maximum absolute atomic E-state index is 10.9. The predicted molar refractivity (Wildman–Crippen MR) is 116 cm³/mol. The molecule has 0 bridgehead atoms. The molecule has 0 aliphatic rings. The summed E-state index contributed by atoms with van der Waals surface area (Å²) < 4.78 is 0. The number of hydrogen-bond donors (Lipinski definition) is 1. The van der Waals surface area contributed by atoms with Gasteiger partial charge in [-0.05, 0) is 46.1 Å². The number of aliphatic hydroxyl groups is 1. The lowest BCUT2D eigenvalue weighted by atomic mass is 9.77. The van der Waals surface area contributed by atoms with Crippen molar-refractivity contribution in [2.24, 2.45) is 11.3 Å². The van der Waals surface area contributed by atoms with E-state index in [1.807, 2.05) is 24.3 Å². The van der Waals surface area contributed by atoms with Crippen molar-refractivity contribution in [1.29, 1.82) is 0 Å². The van der Waals surface area contributed by atoms with Crippen LogP contribution in [0.2, 0.25) is 0 Å². The first-order valence-electron chi connectivity index (χ1n) is 10.1. The fourth-order valence-corrected chi connectivity index (χ4v) is 3.34. The number of benzene rings is 2. The van der Waals surface area contributed by atoms with Crippen LogP contribution in [0.3, 0.4) is 0 Å². The molecule has 0 spiro atoms. The maximum Gasteiger partial charge on any atom is 0.113 e. The standard InChI is InChI=1S/C24H33N3O/c1-16(23(2,3)4)22(28)14-17-12-13-18(24(5,6)7)15-21(17)27-25-19-10-8-9-11-20(19)26-27/h8-13,15-16,22,28H,14H2,1-7H3. The van der Waals surface area contributed by atoms with Crippen LogP contribution in [0.25, 0.3) is 16.7 Å². The molecule has 1 N–H and O–H groups in total. The van der Waals surface area contributed by atoms with E-state index in [0.29, 0.717) is 6.42 Å². The molecule has 0 aliphatic carbocycles. The summed E-state index contributed by atoms with van der Waals surface area (Å²) in [5.41, 5.74) is 5.06. The highest BCUT2D eigenvalue weighted by atomic mass is 16.3. The number of fused-ring (bicyclic) bond motifs is 1. The van der Waals surface area contributed by atoms with Crippen LogP contribution in [0.4, 0.5) is 0 Å². The molecule has 3 rings (SSSR count). The van der Waals surface area contributed by atoms with Crippen molar-refractivity contribution in [3.05, 3.63) is 53.6 Å². The van der Waals surface area contributed by atoms with Crippen LogP contribution in [0.5, 0.6) is 0 Å². The Hall–Kier alpha value is -2.20. The van der Waals surface area contributed by atoms with Crippen molar-refractivity contribution < 1.29 is 5.11 Å². The summed E-state index contributed by atoms with van der Waals surface area (Å²) in [7, 11) is 0. The Morgan fingerprint density at radius 3 is 2.00 bits per heavy atom. The Kier molecular flexibility index (Phi) is 5.37. The van der Waals surface area contributed by atoms with Crippen molar-refractivity contribution in [2.75, 3.05) is 0 Å². The summed E-state index contributed by atoms with van der Waals surface area (Å²) in [5, 5.41) is 20.3. The van der Waals surface area contributed by atoms with Crippen LogP contribution >= 0.6 is 0 Å². The smallest absolute Gasteiger partial charge is 0.113 e. The molecule has 1 aromatic heterocycles. The lowest BCUT2D eigenvalue weighted by molar-refractivity contribution is 0.0546. The SMILES string of the molecule is CC(C(O)Cc1ccc(C(C)(C)C)cc1-n1nc2ccccc2n1)C(C)(C)C. The van der Waals surface area contributed by atoms with E-state index in [0.717, 1.165) is 22.3 Å². The van der Waals surface area contributed by atoms with Gasteiger partial charge in [0.05, 0.1) is 11.8 Å². The van der Waals surface area contributed by atoms with Crippen molar-refractivity contribution in [3.63, 3.8) is 0 Å². The topological polar surface area (TPSA) is 50.9 Å². The number of rotatable bonds is 4. The minimum absolute atomic E-state index is 0.0250. The molecule has 150 valence electrons. The van der Waals surface area contributed by atoms with Crippen LogP contribution in [0.15, 0.2) is 42.5 Å². The van der Waals surface area contributed by atoms with Crippen molar-refractivity contribution >= 4 is 11.0 Å². The van der Waals surface area contributed by atoms with Gasteiger partial charge < -0.3 is 5.11 Å². The highest BCUT2D eigenvalue weighted by Crippen LogP contribution is 2.32. The molecular formula is C24H33N3O. The summed E-state index contributed by atoms with van der Waals surface area (Å²) >= 11 is 0. The minimum Gasteiger partial charge on any atom is -0.392 e. The Bertz CT molecular complexity index is 927. The third-order valence-electron chi connectivity index (χ3n) is 5.83. The Labute approximate surface area is 168 Å². The zero-order valence-corrected chi connectivity index (χ0v) is 18.2. The van der Waals surface area contributed by atoms with Gasteiger partial charge in [-0.25, -0.2) is 0 Å². The summed E-state index contributed by atoms with van der Waals surface area (Å²) in [6.45, 7) is 15.2. The van der Waals surface area contributed by atoms with Gasteiger partial charge in [-0.2, -0.15) is 4.80 Å². The fourth-order valence-electron chi connectivity index (χ4n) is 3.34. The number of hydrogen-bond acceptors (Lipinski definition) is 3. The zero-order valence-electron chi connectivity index (χ0n) is 18.2. The molecule has 4 nitrogen and oxygen atoms in total. The molecule has 0 radical (unpaired) electrons. The molecule has 0 saturated heterocycles. The summed E-state index contributed by atoms with van der Waals surface area (Å²) in [4.78, 5) is 1.73. The summed E-state index contributed by atoms with van der Waals surface area (Å²) in [6, 6.07) is 14.4. The van der Waals surface area contributed by atoms with Gasteiger partial charge in [0.2, 0.25) is 0 Å². The molecule has 2 atom stereocenters. The van der Waals surface area contributed by atoms with E-state index < -0.39 is 6.10 Å². The quantitative estimate of drug-likeness (QED) is 0.669. The van der Waals surface area contributed by atoms with Crippen LogP contribution in [-0.2, 0) is 11.8 Å². The maximum atomic E-state index is 10.9. The zero-order chi connectivity index (χ0) is 20.7. The van der Waals surface area contributed by atoms with Crippen LogP contribution in [-0.4, -0.2) is 26.2 Å². The second kappa shape index (κ2) is 7.32. The van der Waals surface area contributed by atoms with Crippen molar-refractivity contribution in [2.45, 2.75) is 66.4 Å². The average molecular weight is 380 g/mol. The van der Waals surface area contributed by atoms with Gasteiger partial charge in [-0.1, -0.05) is 72.7 Å². The number of nitrogens with zero attached hydrogens (tertiary/aromatic N) is 3.